The molecule has 1 amide bonds. The van der Waals surface area contributed by atoms with Crippen LogP contribution in [0.25, 0.3) is 0 Å². The second-order valence-electron chi connectivity index (χ2n) is 5.02. The van der Waals surface area contributed by atoms with Gasteiger partial charge in [-0.15, -0.1) is 0 Å². The Hall–Kier alpha value is -1.97. The van der Waals surface area contributed by atoms with Crippen LogP contribution >= 0.6 is 0 Å². The maximum atomic E-state index is 11.9. The molecule has 1 aliphatic rings. The lowest BCUT2D eigenvalue weighted by Crippen LogP contribution is -2.34. The van der Waals surface area contributed by atoms with Crippen molar-refractivity contribution >= 4 is 5.91 Å². The van der Waals surface area contributed by atoms with Crippen molar-refractivity contribution < 1.29 is 15.0 Å². The average molecular weight is 261 g/mol. The number of carbonyl (C=O) groups is 1. The highest BCUT2D eigenvalue weighted by atomic mass is 16.3. The average Bonchev–Trinajstić information content (AvgIpc) is 2.87. The highest BCUT2D eigenvalue weighted by Crippen LogP contribution is 2.25. The molecule has 0 spiro atoms. The highest BCUT2D eigenvalue weighted by molar-refractivity contribution is 5.93. The number of allylic oxidation sites excluding steroid dienone is 1. The summed E-state index contributed by atoms with van der Waals surface area (Å²) in [4.78, 5) is 11.9. The fraction of sp³-hybridized carbons (Fsp3) is 0.400. The molecule has 0 aromatic heterocycles. The number of phenolic OH excluding ortho intramolecular Hbond substituents is 2. The van der Waals surface area contributed by atoms with E-state index in [1.165, 1.54) is 12.1 Å². The molecule has 4 nitrogen and oxygen atoms in total. The predicted molar refractivity (Wildman–Crippen MR) is 73.0 cm³/mol. The van der Waals surface area contributed by atoms with Gasteiger partial charge >= 0.3 is 0 Å². The van der Waals surface area contributed by atoms with Gasteiger partial charge in [-0.25, -0.2) is 0 Å². The first-order valence-corrected chi connectivity index (χ1v) is 6.57. The van der Waals surface area contributed by atoms with E-state index in [4.69, 9.17) is 0 Å². The Morgan fingerprint density at radius 3 is 2.79 bits per heavy atom. The molecule has 1 aromatic carbocycles. The molecule has 1 unspecified atom stereocenters. The van der Waals surface area contributed by atoms with Crippen LogP contribution in [0.2, 0.25) is 0 Å². The molecule has 1 atom stereocenters. The van der Waals surface area contributed by atoms with Crippen LogP contribution in [-0.4, -0.2) is 22.2 Å². The summed E-state index contributed by atoms with van der Waals surface area (Å²) in [6.45, 7) is 1.93. The van der Waals surface area contributed by atoms with E-state index in [0.717, 1.165) is 30.4 Å². The molecular weight excluding hydrogens is 242 g/mol. The number of phenols is 2. The number of hydrogen-bond donors (Lipinski definition) is 3. The molecule has 1 aliphatic carbocycles. The molecule has 0 saturated heterocycles. The molecule has 0 radical (unpaired) electrons. The van der Waals surface area contributed by atoms with Gasteiger partial charge in [0.15, 0.2) is 11.5 Å². The van der Waals surface area contributed by atoms with Crippen molar-refractivity contribution in [2.45, 2.75) is 38.6 Å². The summed E-state index contributed by atoms with van der Waals surface area (Å²) in [7, 11) is 0. The summed E-state index contributed by atoms with van der Waals surface area (Å²) in [5.74, 6) is -0.251. The van der Waals surface area contributed by atoms with Gasteiger partial charge < -0.3 is 15.5 Å². The summed E-state index contributed by atoms with van der Waals surface area (Å²) in [6.07, 6.45) is 5.52. The zero-order valence-electron chi connectivity index (χ0n) is 11.0. The number of rotatable bonds is 4. The second kappa shape index (κ2) is 5.78. The summed E-state index contributed by atoms with van der Waals surface area (Å²) in [5, 5.41) is 21.6. The second-order valence-corrected chi connectivity index (χ2v) is 5.02. The first-order chi connectivity index (χ1) is 9.06. The molecule has 19 heavy (non-hydrogen) atoms. The molecule has 2 rings (SSSR count). The van der Waals surface area contributed by atoms with E-state index >= 15 is 0 Å². The van der Waals surface area contributed by atoms with Crippen LogP contribution in [0.3, 0.4) is 0 Å². The minimum atomic E-state index is -0.130. The largest absolute Gasteiger partial charge is 0.504 e. The number of aromatic hydroxyl groups is 2. The van der Waals surface area contributed by atoms with Crippen LogP contribution in [0, 0.1) is 0 Å². The van der Waals surface area contributed by atoms with Crippen LogP contribution in [0.5, 0.6) is 11.5 Å². The van der Waals surface area contributed by atoms with Crippen LogP contribution < -0.4 is 5.32 Å². The lowest BCUT2D eigenvalue weighted by Gasteiger charge is -2.14. The Balaban J connectivity index is 1.91. The number of amides is 1. The first kappa shape index (κ1) is 13.5. The van der Waals surface area contributed by atoms with E-state index in [9.17, 15) is 15.0 Å². The topological polar surface area (TPSA) is 69.6 Å². The molecule has 4 heteroatoms. The maximum absolute atomic E-state index is 11.9. The Bertz CT molecular complexity index is 508. The van der Waals surface area contributed by atoms with Crippen molar-refractivity contribution in [3.05, 3.63) is 35.4 Å². The summed E-state index contributed by atoms with van der Waals surface area (Å²) >= 11 is 0. The van der Waals surface area contributed by atoms with Gasteiger partial charge in [-0.3, -0.25) is 4.79 Å². The molecule has 102 valence electrons. The van der Waals surface area contributed by atoms with Gasteiger partial charge in [-0.1, -0.05) is 12.1 Å². The van der Waals surface area contributed by atoms with Gasteiger partial charge in [-0.2, -0.15) is 0 Å². The van der Waals surface area contributed by atoms with E-state index in [1.54, 1.807) is 6.07 Å². The van der Waals surface area contributed by atoms with Crippen molar-refractivity contribution in [1.29, 1.82) is 0 Å². The zero-order valence-corrected chi connectivity index (χ0v) is 11.0. The van der Waals surface area contributed by atoms with E-state index in [2.05, 4.69) is 5.32 Å². The van der Waals surface area contributed by atoms with Gasteiger partial charge in [0.1, 0.15) is 0 Å². The third kappa shape index (κ3) is 3.50. The molecule has 0 aliphatic heterocycles. The number of benzene rings is 1. The first-order valence-electron chi connectivity index (χ1n) is 6.57. The van der Waals surface area contributed by atoms with Crippen molar-refractivity contribution in [3.8, 4) is 11.5 Å². The fourth-order valence-corrected chi connectivity index (χ4v) is 2.29. The fourth-order valence-electron chi connectivity index (χ4n) is 2.29. The van der Waals surface area contributed by atoms with E-state index in [0.29, 0.717) is 6.42 Å². The Morgan fingerprint density at radius 2 is 2.16 bits per heavy atom. The van der Waals surface area contributed by atoms with Crippen molar-refractivity contribution in [2.75, 3.05) is 0 Å². The lowest BCUT2D eigenvalue weighted by molar-refractivity contribution is -0.118. The van der Waals surface area contributed by atoms with E-state index in [1.807, 2.05) is 13.0 Å². The van der Waals surface area contributed by atoms with Crippen molar-refractivity contribution in [2.24, 2.45) is 0 Å². The third-order valence-electron chi connectivity index (χ3n) is 3.29. The minimum absolute atomic E-state index is 0.00741. The molecule has 0 heterocycles. The van der Waals surface area contributed by atoms with Gasteiger partial charge in [0.05, 0.1) is 0 Å². The number of nitrogens with one attached hydrogen (secondary N) is 1. The molecule has 3 N–H and O–H groups in total. The number of hydrogen-bond acceptors (Lipinski definition) is 3. The van der Waals surface area contributed by atoms with Crippen molar-refractivity contribution in [3.63, 3.8) is 0 Å². The Labute approximate surface area is 112 Å². The highest BCUT2D eigenvalue weighted by Gasteiger charge is 2.15. The van der Waals surface area contributed by atoms with E-state index in [-0.39, 0.29) is 23.4 Å². The van der Waals surface area contributed by atoms with E-state index < -0.39 is 0 Å². The molecular formula is C15H19NO3. The quantitative estimate of drug-likeness (QED) is 0.728. The van der Waals surface area contributed by atoms with Crippen LogP contribution in [0.4, 0.5) is 0 Å². The lowest BCUT2D eigenvalue weighted by atomic mass is 10.1. The maximum Gasteiger partial charge on any atom is 0.247 e. The standard InChI is InChI=1S/C15H19NO3/c1-10(16-15(19)12-4-2-3-5-12)8-11-6-7-13(17)14(18)9-11/h4,6-7,9-10,17-18H,2-3,5,8H2,1H3,(H,16,19). The minimum Gasteiger partial charge on any atom is -0.504 e. The summed E-state index contributed by atoms with van der Waals surface area (Å²) in [5.41, 5.74) is 1.75. The zero-order chi connectivity index (χ0) is 13.8. The van der Waals surface area contributed by atoms with Gasteiger partial charge in [0, 0.05) is 11.6 Å². The smallest absolute Gasteiger partial charge is 0.247 e. The number of carbonyl (C=O) groups excluding carboxylic acids is 1. The molecule has 0 bridgehead atoms. The molecule has 0 fully saturated rings. The van der Waals surface area contributed by atoms with Crippen molar-refractivity contribution in [1.82, 2.24) is 5.32 Å². The monoisotopic (exact) mass is 261 g/mol. The normalized spacial score (nSPS) is 15.9. The summed E-state index contributed by atoms with van der Waals surface area (Å²) < 4.78 is 0. The molecule has 0 saturated carbocycles. The van der Waals surface area contributed by atoms with Gasteiger partial charge in [0.2, 0.25) is 5.91 Å². The third-order valence-corrected chi connectivity index (χ3v) is 3.29. The summed E-state index contributed by atoms with van der Waals surface area (Å²) in [6, 6.07) is 4.70. The molecule has 1 aromatic rings. The van der Waals surface area contributed by atoms with Crippen LogP contribution in [0.15, 0.2) is 29.8 Å². The van der Waals surface area contributed by atoms with Crippen LogP contribution in [-0.2, 0) is 11.2 Å². The Morgan fingerprint density at radius 1 is 1.37 bits per heavy atom. The van der Waals surface area contributed by atoms with Gasteiger partial charge in [0.25, 0.3) is 0 Å². The van der Waals surface area contributed by atoms with Gasteiger partial charge in [-0.05, 0) is 50.3 Å². The Kier molecular flexibility index (Phi) is 4.10. The van der Waals surface area contributed by atoms with Crippen LogP contribution in [0.1, 0.15) is 31.7 Å². The SMILES string of the molecule is CC(Cc1ccc(O)c(O)c1)NC(=O)C1=CCCC1. The predicted octanol–water partition coefficient (Wildman–Crippen LogP) is 2.26.